The Morgan fingerprint density at radius 1 is 1.30 bits per heavy atom. The van der Waals surface area contributed by atoms with Crippen molar-refractivity contribution in [3.8, 4) is 0 Å². The van der Waals surface area contributed by atoms with Crippen LogP contribution in [0.4, 0.5) is 4.48 Å². The Balaban J connectivity index is 2.93. The monoisotopic (exact) mass is 136 g/mol. The fourth-order valence-electron chi connectivity index (χ4n) is 0.940. The first-order valence-corrected chi connectivity index (χ1v) is 2.97. The Kier molecular flexibility index (Phi) is 0.974. The van der Waals surface area contributed by atoms with E-state index < -0.39 is 0 Å². The maximum absolute atomic E-state index is 12.6. The standard InChI is InChI=1S/C7H5FN2/c8-10-7-4-2-1-3-6(7)5-9-10/h1-5H. The zero-order valence-electron chi connectivity index (χ0n) is 5.16. The highest BCUT2D eigenvalue weighted by atomic mass is 19.2. The summed E-state index contributed by atoms with van der Waals surface area (Å²) in [5.74, 6) is 0. The lowest BCUT2D eigenvalue weighted by Crippen LogP contribution is -1.80. The SMILES string of the molecule is Fn1ncc2ccccc21. The Morgan fingerprint density at radius 2 is 2.10 bits per heavy atom. The molecule has 0 N–H and O–H groups in total. The Labute approximate surface area is 56.8 Å². The minimum atomic E-state index is 0.370. The zero-order chi connectivity index (χ0) is 6.97. The maximum atomic E-state index is 12.6. The molecule has 0 aliphatic carbocycles. The highest BCUT2D eigenvalue weighted by Crippen LogP contribution is 2.11. The van der Waals surface area contributed by atoms with E-state index >= 15 is 0 Å². The van der Waals surface area contributed by atoms with Crippen molar-refractivity contribution in [2.45, 2.75) is 0 Å². The molecule has 0 saturated carbocycles. The molecule has 0 amide bonds. The van der Waals surface area contributed by atoms with Gasteiger partial charge in [-0.1, -0.05) is 27.6 Å². The van der Waals surface area contributed by atoms with Crippen LogP contribution in [0.3, 0.4) is 0 Å². The lowest BCUT2D eigenvalue weighted by molar-refractivity contribution is 0.332. The van der Waals surface area contributed by atoms with Crippen LogP contribution in [0.5, 0.6) is 0 Å². The molecule has 0 radical (unpaired) electrons. The Morgan fingerprint density at radius 3 is 2.90 bits per heavy atom. The van der Waals surface area contributed by atoms with Gasteiger partial charge < -0.3 is 0 Å². The van der Waals surface area contributed by atoms with Gasteiger partial charge in [0.25, 0.3) is 0 Å². The molecule has 0 spiro atoms. The summed E-state index contributed by atoms with van der Waals surface area (Å²) in [6, 6.07) is 7.13. The van der Waals surface area contributed by atoms with E-state index in [1.54, 1.807) is 12.1 Å². The summed E-state index contributed by atoms with van der Waals surface area (Å²) in [4.78, 5) is 0.370. The van der Waals surface area contributed by atoms with Gasteiger partial charge in [0.2, 0.25) is 0 Å². The van der Waals surface area contributed by atoms with E-state index in [9.17, 15) is 4.48 Å². The van der Waals surface area contributed by atoms with E-state index in [1.807, 2.05) is 12.1 Å². The van der Waals surface area contributed by atoms with E-state index in [-0.39, 0.29) is 0 Å². The Hall–Kier alpha value is -1.38. The maximum Gasteiger partial charge on any atom is 0.104 e. The van der Waals surface area contributed by atoms with Crippen molar-refractivity contribution in [2.75, 3.05) is 0 Å². The lowest BCUT2D eigenvalue weighted by atomic mass is 10.3. The molecule has 0 aliphatic rings. The number of benzene rings is 1. The predicted molar refractivity (Wildman–Crippen MR) is 36.2 cm³/mol. The van der Waals surface area contributed by atoms with Crippen LogP contribution in [0, 0.1) is 0 Å². The topological polar surface area (TPSA) is 17.8 Å². The van der Waals surface area contributed by atoms with Crippen LogP contribution in [0.25, 0.3) is 10.9 Å². The molecule has 2 nitrogen and oxygen atoms in total. The Bertz CT molecular complexity index is 353. The molecule has 0 bridgehead atoms. The van der Waals surface area contributed by atoms with Crippen LogP contribution in [0.2, 0.25) is 0 Å². The minimum absolute atomic E-state index is 0.370. The quantitative estimate of drug-likeness (QED) is 0.539. The highest BCUT2D eigenvalue weighted by molar-refractivity contribution is 5.77. The number of hydrogen-bond donors (Lipinski definition) is 0. The average Bonchev–Trinajstić information content (AvgIpc) is 2.34. The number of nitrogens with zero attached hydrogens (tertiary/aromatic N) is 2. The first kappa shape index (κ1) is 5.41. The number of aromatic nitrogens is 2. The summed E-state index contributed by atoms with van der Waals surface area (Å²) in [6.07, 6.45) is 1.50. The normalized spacial score (nSPS) is 10.5. The van der Waals surface area contributed by atoms with Gasteiger partial charge in [0.05, 0.1) is 6.20 Å². The van der Waals surface area contributed by atoms with Gasteiger partial charge in [-0.3, -0.25) is 0 Å². The molecular weight excluding hydrogens is 131 g/mol. The molecule has 10 heavy (non-hydrogen) atoms. The van der Waals surface area contributed by atoms with E-state index in [2.05, 4.69) is 5.10 Å². The summed E-state index contributed by atoms with van der Waals surface area (Å²) < 4.78 is 12.6. The highest BCUT2D eigenvalue weighted by Gasteiger charge is 1.97. The van der Waals surface area contributed by atoms with E-state index in [1.165, 1.54) is 6.20 Å². The van der Waals surface area contributed by atoms with Crippen LogP contribution in [-0.2, 0) is 0 Å². The predicted octanol–water partition coefficient (Wildman–Crippen LogP) is 1.77. The molecule has 3 heteroatoms. The van der Waals surface area contributed by atoms with Gasteiger partial charge in [0, 0.05) is 5.39 Å². The fourth-order valence-corrected chi connectivity index (χ4v) is 0.940. The number of halogens is 1. The van der Waals surface area contributed by atoms with Gasteiger partial charge in [-0.05, 0) is 6.07 Å². The third-order valence-electron chi connectivity index (χ3n) is 1.43. The van der Waals surface area contributed by atoms with E-state index in [4.69, 9.17) is 0 Å². The third-order valence-corrected chi connectivity index (χ3v) is 1.43. The second-order valence-corrected chi connectivity index (χ2v) is 2.06. The van der Waals surface area contributed by atoms with E-state index in [0.717, 1.165) is 5.39 Å². The summed E-state index contributed by atoms with van der Waals surface area (Å²) in [5.41, 5.74) is 0.516. The largest absolute Gasteiger partial charge is 0.150 e. The molecule has 0 atom stereocenters. The van der Waals surface area contributed by atoms with Crippen LogP contribution in [0.1, 0.15) is 0 Å². The molecular formula is C7H5FN2. The lowest BCUT2D eigenvalue weighted by Gasteiger charge is -1.85. The average molecular weight is 136 g/mol. The molecule has 0 saturated heterocycles. The second kappa shape index (κ2) is 1.80. The van der Waals surface area contributed by atoms with Gasteiger partial charge in [-0.15, -0.1) is 5.10 Å². The minimum Gasteiger partial charge on any atom is -0.150 e. The molecule has 1 heterocycles. The molecule has 2 rings (SSSR count). The smallest absolute Gasteiger partial charge is 0.104 e. The van der Waals surface area contributed by atoms with Crippen LogP contribution >= 0.6 is 0 Å². The zero-order valence-corrected chi connectivity index (χ0v) is 5.16. The van der Waals surface area contributed by atoms with Gasteiger partial charge in [-0.25, -0.2) is 0 Å². The molecule has 1 aromatic carbocycles. The van der Waals surface area contributed by atoms with Crippen molar-refractivity contribution in [2.24, 2.45) is 0 Å². The van der Waals surface area contributed by atoms with Crippen LogP contribution in [0.15, 0.2) is 30.5 Å². The van der Waals surface area contributed by atoms with E-state index in [0.29, 0.717) is 10.4 Å². The summed E-state index contributed by atoms with van der Waals surface area (Å²) in [5, 5.41) is 4.27. The van der Waals surface area contributed by atoms with Crippen molar-refractivity contribution in [3.05, 3.63) is 30.5 Å². The number of hydrogen-bond acceptors (Lipinski definition) is 1. The number of para-hydroxylation sites is 1. The van der Waals surface area contributed by atoms with Gasteiger partial charge in [0.15, 0.2) is 0 Å². The molecule has 0 fully saturated rings. The second-order valence-electron chi connectivity index (χ2n) is 2.06. The molecule has 2 aromatic rings. The van der Waals surface area contributed by atoms with Crippen molar-refractivity contribution in [3.63, 3.8) is 0 Å². The van der Waals surface area contributed by atoms with Crippen molar-refractivity contribution < 1.29 is 4.48 Å². The van der Waals surface area contributed by atoms with Gasteiger partial charge in [-0.2, -0.15) is 0 Å². The fraction of sp³-hybridized carbons (Fsp3) is 0. The first-order valence-electron chi connectivity index (χ1n) is 2.97. The molecule has 1 aromatic heterocycles. The number of rotatable bonds is 0. The summed E-state index contributed by atoms with van der Waals surface area (Å²) in [7, 11) is 0. The summed E-state index contributed by atoms with van der Waals surface area (Å²) in [6.45, 7) is 0. The van der Waals surface area contributed by atoms with Crippen LogP contribution < -0.4 is 0 Å². The first-order chi connectivity index (χ1) is 4.88. The van der Waals surface area contributed by atoms with Gasteiger partial charge >= 0.3 is 0 Å². The van der Waals surface area contributed by atoms with Crippen molar-refractivity contribution >= 4 is 10.9 Å². The number of fused-ring (bicyclic) bond motifs is 1. The molecule has 0 aliphatic heterocycles. The van der Waals surface area contributed by atoms with Gasteiger partial charge in [0.1, 0.15) is 5.52 Å². The van der Waals surface area contributed by atoms with Crippen LogP contribution in [-0.4, -0.2) is 10.0 Å². The van der Waals surface area contributed by atoms with Crippen molar-refractivity contribution in [1.82, 2.24) is 10.0 Å². The molecule has 50 valence electrons. The third kappa shape index (κ3) is 0.603. The summed E-state index contributed by atoms with van der Waals surface area (Å²) >= 11 is 0. The van der Waals surface area contributed by atoms with Crippen molar-refractivity contribution in [1.29, 1.82) is 0 Å². The molecule has 0 unspecified atom stereocenters.